The van der Waals surface area contributed by atoms with Gasteiger partial charge in [-0.2, -0.15) is 0 Å². The molecular formula is C21H22FN3O2. The van der Waals surface area contributed by atoms with Crippen molar-refractivity contribution in [1.29, 1.82) is 0 Å². The quantitative estimate of drug-likeness (QED) is 0.844. The third kappa shape index (κ3) is 3.71. The molecule has 5 nitrogen and oxygen atoms in total. The van der Waals surface area contributed by atoms with Gasteiger partial charge in [-0.15, -0.1) is 0 Å². The van der Waals surface area contributed by atoms with Gasteiger partial charge in [0.1, 0.15) is 17.9 Å². The van der Waals surface area contributed by atoms with Gasteiger partial charge in [-0.05, 0) is 18.1 Å². The molecule has 2 heterocycles. The van der Waals surface area contributed by atoms with E-state index in [1.807, 2.05) is 30.3 Å². The second-order valence-corrected chi connectivity index (χ2v) is 7.16. The molecule has 3 atom stereocenters. The van der Waals surface area contributed by atoms with E-state index in [0.717, 1.165) is 5.56 Å². The number of benzene rings is 2. The molecule has 0 unspecified atom stereocenters. The van der Waals surface area contributed by atoms with Gasteiger partial charge in [0.2, 0.25) is 11.8 Å². The first-order chi connectivity index (χ1) is 13.1. The summed E-state index contributed by atoms with van der Waals surface area (Å²) in [6, 6.07) is 15.3. The number of carbonyl (C=O) groups excluding carboxylic acids is 2. The topological polar surface area (TPSA) is 61.4 Å². The van der Waals surface area contributed by atoms with Crippen molar-refractivity contribution < 1.29 is 14.0 Å². The average Bonchev–Trinajstić information content (AvgIpc) is 3.11. The normalized spacial score (nSPS) is 24.6. The maximum atomic E-state index is 13.8. The van der Waals surface area contributed by atoms with Crippen LogP contribution < -0.4 is 10.6 Å². The summed E-state index contributed by atoms with van der Waals surface area (Å²) < 4.78 is 13.8. The van der Waals surface area contributed by atoms with Crippen molar-refractivity contribution in [3.8, 4) is 0 Å². The van der Waals surface area contributed by atoms with Gasteiger partial charge in [0.05, 0.1) is 0 Å². The van der Waals surface area contributed by atoms with Crippen LogP contribution in [-0.4, -0.2) is 41.4 Å². The molecule has 4 rings (SSSR count). The molecule has 2 aliphatic heterocycles. The van der Waals surface area contributed by atoms with Crippen LogP contribution in [0.3, 0.4) is 0 Å². The van der Waals surface area contributed by atoms with E-state index in [-0.39, 0.29) is 23.7 Å². The fourth-order valence-electron chi connectivity index (χ4n) is 3.89. The van der Waals surface area contributed by atoms with E-state index < -0.39 is 12.1 Å². The van der Waals surface area contributed by atoms with E-state index in [9.17, 15) is 14.0 Å². The third-order valence-corrected chi connectivity index (χ3v) is 5.32. The maximum Gasteiger partial charge on any atom is 0.246 e. The summed E-state index contributed by atoms with van der Waals surface area (Å²) in [5.74, 6) is -0.401. The van der Waals surface area contributed by atoms with Crippen LogP contribution >= 0.6 is 0 Å². The van der Waals surface area contributed by atoms with Crippen LogP contribution in [0.25, 0.3) is 0 Å². The minimum absolute atomic E-state index is 0.0280. The number of nitrogens with zero attached hydrogens (tertiary/aromatic N) is 1. The second kappa shape index (κ2) is 7.48. The lowest BCUT2D eigenvalue weighted by molar-refractivity contribution is -0.147. The Balaban J connectivity index is 1.40. The Bertz CT molecular complexity index is 842. The summed E-state index contributed by atoms with van der Waals surface area (Å²) in [6.45, 7) is 0.845. The predicted octanol–water partition coefficient (Wildman–Crippen LogP) is 1.63. The van der Waals surface area contributed by atoms with Crippen LogP contribution in [-0.2, 0) is 22.6 Å². The van der Waals surface area contributed by atoms with E-state index in [4.69, 9.17) is 0 Å². The third-order valence-electron chi connectivity index (χ3n) is 5.32. The van der Waals surface area contributed by atoms with Crippen molar-refractivity contribution >= 4 is 11.8 Å². The minimum Gasteiger partial charge on any atom is -0.342 e. The molecule has 0 aliphatic carbocycles. The molecule has 0 radical (unpaired) electrons. The molecule has 2 fully saturated rings. The van der Waals surface area contributed by atoms with Crippen molar-refractivity contribution in [2.24, 2.45) is 0 Å². The first-order valence-electron chi connectivity index (χ1n) is 9.23. The summed E-state index contributed by atoms with van der Waals surface area (Å²) in [7, 11) is 0. The zero-order valence-electron chi connectivity index (χ0n) is 14.9. The number of piperazine rings is 1. The van der Waals surface area contributed by atoms with Crippen molar-refractivity contribution in [3.63, 3.8) is 0 Å². The molecule has 6 heteroatoms. The summed E-state index contributed by atoms with van der Waals surface area (Å²) in [5.41, 5.74) is 1.60. The van der Waals surface area contributed by atoms with Crippen molar-refractivity contribution in [2.45, 2.75) is 37.5 Å². The molecule has 0 bridgehead atoms. The Morgan fingerprint density at radius 1 is 1.07 bits per heavy atom. The monoisotopic (exact) mass is 367 g/mol. The number of hydrogen-bond donors (Lipinski definition) is 2. The fourth-order valence-corrected chi connectivity index (χ4v) is 3.89. The van der Waals surface area contributed by atoms with Crippen LogP contribution in [0.2, 0.25) is 0 Å². The predicted molar refractivity (Wildman–Crippen MR) is 99.2 cm³/mol. The smallest absolute Gasteiger partial charge is 0.246 e. The highest BCUT2D eigenvalue weighted by Gasteiger charge is 2.46. The molecule has 27 heavy (non-hydrogen) atoms. The summed E-state index contributed by atoms with van der Waals surface area (Å²) in [6.07, 6.45) is 1.03. The maximum absolute atomic E-state index is 13.8. The lowest BCUT2D eigenvalue weighted by atomic mass is 10.0. The minimum atomic E-state index is -0.526. The zero-order chi connectivity index (χ0) is 18.8. The van der Waals surface area contributed by atoms with Gasteiger partial charge in [0.15, 0.2) is 0 Å². The Morgan fingerprint density at radius 2 is 1.81 bits per heavy atom. The number of amides is 2. The van der Waals surface area contributed by atoms with E-state index in [0.29, 0.717) is 31.5 Å². The van der Waals surface area contributed by atoms with Crippen LogP contribution in [0.5, 0.6) is 0 Å². The molecule has 140 valence electrons. The first kappa shape index (κ1) is 17.7. The molecule has 0 aromatic heterocycles. The molecule has 2 N–H and O–H groups in total. The van der Waals surface area contributed by atoms with Crippen LogP contribution in [0.15, 0.2) is 54.6 Å². The number of rotatable bonds is 5. The molecule has 2 aliphatic rings. The molecule has 2 saturated heterocycles. The van der Waals surface area contributed by atoms with Gasteiger partial charge in [0.25, 0.3) is 0 Å². The fraction of sp³-hybridized carbons (Fsp3) is 0.333. The van der Waals surface area contributed by atoms with E-state index in [1.165, 1.54) is 6.07 Å². The zero-order valence-corrected chi connectivity index (χ0v) is 14.9. The number of halogens is 1. The summed E-state index contributed by atoms with van der Waals surface area (Å²) in [5, 5.41) is 6.16. The Hall–Kier alpha value is -2.73. The molecule has 0 spiro atoms. The number of carbonyl (C=O) groups is 2. The number of hydrogen-bond acceptors (Lipinski definition) is 3. The highest BCUT2D eigenvalue weighted by Crippen LogP contribution is 2.24. The van der Waals surface area contributed by atoms with E-state index >= 15 is 0 Å². The van der Waals surface area contributed by atoms with Gasteiger partial charge in [0, 0.05) is 31.1 Å². The van der Waals surface area contributed by atoms with Crippen LogP contribution in [0.4, 0.5) is 4.39 Å². The average molecular weight is 367 g/mol. The Kier molecular flexibility index (Phi) is 4.90. The van der Waals surface area contributed by atoms with Gasteiger partial charge in [-0.3, -0.25) is 9.59 Å². The standard InChI is InChI=1S/C21H22FN3O2/c22-17-9-5-4-8-15(17)12-23-16-11-19-20(26)24-18(21(27)25(19)13-16)10-14-6-2-1-3-7-14/h1-9,16,18-19,23H,10-13H2,(H,24,26)/t16-,18-,19-/m0/s1. The van der Waals surface area contributed by atoms with Crippen molar-refractivity contribution in [3.05, 3.63) is 71.5 Å². The molecular weight excluding hydrogens is 345 g/mol. The Morgan fingerprint density at radius 3 is 2.59 bits per heavy atom. The van der Waals surface area contributed by atoms with Crippen LogP contribution in [0.1, 0.15) is 17.5 Å². The molecule has 2 amide bonds. The first-order valence-corrected chi connectivity index (χ1v) is 9.23. The lowest BCUT2D eigenvalue weighted by Gasteiger charge is -2.34. The van der Waals surface area contributed by atoms with Crippen molar-refractivity contribution in [1.82, 2.24) is 15.5 Å². The lowest BCUT2D eigenvalue weighted by Crippen LogP contribution is -2.61. The Labute approximate surface area is 157 Å². The van der Waals surface area contributed by atoms with Crippen LogP contribution in [0, 0.1) is 5.82 Å². The summed E-state index contributed by atoms with van der Waals surface area (Å²) in [4.78, 5) is 27.0. The van der Waals surface area contributed by atoms with E-state index in [2.05, 4.69) is 10.6 Å². The van der Waals surface area contributed by atoms with Gasteiger partial charge < -0.3 is 15.5 Å². The number of nitrogens with one attached hydrogen (secondary N) is 2. The molecule has 2 aromatic carbocycles. The van der Waals surface area contributed by atoms with Gasteiger partial charge in [-0.1, -0.05) is 48.5 Å². The second-order valence-electron chi connectivity index (χ2n) is 7.16. The highest BCUT2D eigenvalue weighted by molar-refractivity contribution is 5.97. The molecule has 2 aromatic rings. The van der Waals surface area contributed by atoms with Gasteiger partial charge >= 0.3 is 0 Å². The van der Waals surface area contributed by atoms with Gasteiger partial charge in [-0.25, -0.2) is 4.39 Å². The molecule has 0 saturated carbocycles. The highest BCUT2D eigenvalue weighted by atomic mass is 19.1. The SMILES string of the molecule is O=C1N[C@@H](Cc2ccccc2)C(=O)N2C[C@@H](NCc3ccccc3F)C[C@@H]12. The van der Waals surface area contributed by atoms with Crippen molar-refractivity contribution in [2.75, 3.05) is 6.54 Å². The number of fused-ring (bicyclic) bond motifs is 1. The summed E-state index contributed by atoms with van der Waals surface area (Å²) >= 11 is 0. The largest absolute Gasteiger partial charge is 0.342 e. The van der Waals surface area contributed by atoms with E-state index in [1.54, 1.807) is 23.1 Å².